The molecule has 0 fully saturated rings. The maximum Gasteiger partial charge on any atom is 0.315 e. The molecule has 1 aromatic rings. The zero-order valence-electron chi connectivity index (χ0n) is 11.8. The van der Waals surface area contributed by atoms with E-state index in [1.165, 1.54) is 12.1 Å². The highest BCUT2D eigenvalue weighted by Crippen LogP contribution is 2.11. The second kappa shape index (κ2) is 8.11. The number of carbonyl (C=O) groups is 1. The van der Waals surface area contributed by atoms with E-state index in [1.807, 2.05) is 6.26 Å². The van der Waals surface area contributed by atoms with Crippen molar-refractivity contribution in [2.24, 2.45) is 0 Å². The fourth-order valence-corrected chi connectivity index (χ4v) is 2.17. The van der Waals surface area contributed by atoms with Crippen molar-refractivity contribution in [3.05, 3.63) is 35.6 Å². The number of rotatable bonds is 7. The first-order valence-electron chi connectivity index (χ1n) is 6.40. The minimum Gasteiger partial charge on any atom is -0.388 e. The molecular formula is C14H21FN2O2S. The first-order valence-corrected chi connectivity index (χ1v) is 7.80. The average Bonchev–Trinajstić information content (AvgIpc) is 2.42. The summed E-state index contributed by atoms with van der Waals surface area (Å²) in [5, 5.41) is 15.3. The van der Waals surface area contributed by atoms with Gasteiger partial charge in [0.15, 0.2) is 0 Å². The Hall–Kier alpha value is -1.27. The summed E-state index contributed by atoms with van der Waals surface area (Å²) in [6.45, 7) is 2.21. The van der Waals surface area contributed by atoms with Crippen LogP contribution in [-0.2, 0) is 6.54 Å². The molecule has 0 radical (unpaired) electrons. The number of carbonyl (C=O) groups excluding carboxylic acids is 1. The van der Waals surface area contributed by atoms with Crippen molar-refractivity contribution in [2.45, 2.75) is 25.5 Å². The summed E-state index contributed by atoms with van der Waals surface area (Å²) in [6.07, 6.45) is 2.59. The van der Waals surface area contributed by atoms with Crippen LogP contribution in [0, 0.1) is 5.82 Å². The number of urea groups is 1. The van der Waals surface area contributed by atoms with Gasteiger partial charge in [0.25, 0.3) is 0 Å². The Bertz CT molecular complexity index is 424. The van der Waals surface area contributed by atoms with Crippen LogP contribution >= 0.6 is 11.8 Å². The molecule has 4 nitrogen and oxygen atoms in total. The second-order valence-electron chi connectivity index (χ2n) is 4.90. The van der Waals surface area contributed by atoms with Gasteiger partial charge in [0, 0.05) is 13.1 Å². The minimum atomic E-state index is -0.907. The van der Waals surface area contributed by atoms with Crippen LogP contribution in [0.3, 0.4) is 0 Å². The van der Waals surface area contributed by atoms with Crippen LogP contribution in [0.1, 0.15) is 18.9 Å². The highest BCUT2D eigenvalue weighted by molar-refractivity contribution is 7.98. The molecule has 1 rings (SSSR count). The van der Waals surface area contributed by atoms with E-state index in [1.54, 1.807) is 30.8 Å². The fourth-order valence-electron chi connectivity index (χ4n) is 1.53. The number of amides is 2. The van der Waals surface area contributed by atoms with Crippen LogP contribution in [0.15, 0.2) is 24.3 Å². The van der Waals surface area contributed by atoms with Crippen LogP contribution in [0.4, 0.5) is 9.18 Å². The summed E-state index contributed by atoms with van der Waals surface area (Å²) in [4.78, 5) is 11.6. The largest absolute Gasteiger partial charge is 0.388 e. The maximum absolute atomic E-state index is 12.7. The predicted molar refractivity (Wildman–Crippen MR) is 80.3 cm³/mol. The molecule has 0 bridgehead atoms. The SMILES string of the molecule is CSCC[C@@](C)(O)CNC(=O)NCc1ccc(F)cc1. The van der Waals surface area contributed by atoms with Crippen LogP contribution in [0.5, 0.6) is 0 Å². The first-order chi connectivity index (χ1) is 9.43. The van der Waals surface area contributed by atoms with Crippen LogP contribution < -0.4 is 10.6 Å². The number of nitrogens with one attached hydrogen (secondary N) is 2. The third kappa shape index (κ3) is 6.77. The minimum absolute atomic E-state index is 0.197. The second-order valence-corrected chi connectivity index (χ2v) is 5.89. The Morgan fingerprint density at radius 3 is 2.60 bits per heavy atom. The molecule has 0 saturated carbocycles. The summed E-state index contributed by atoms with van der Waals surface area (Å²) in [5.74, 6) is 0.536. The molecule has 0 saturated heterocycles. The van der Waals surface area contributed by atoms with Gasteiger partial charge in [0.2, 0.25) is 0 Å². The molecular weight excluding hydrogens is 279 g/mol. The molecule has 1 atom stereocenters. The summed E-state index contributed by atoms with van der Waals surface area (Å²) in [5.41, 5.74) is -0.0911. The van der Waals surface area contributed by atoms with E-state index in [0.717, 1.165) is 11.3 Å². The molecule has 3 N–H and O–H groups in total. The van der Waals surface area contributed by atoms with Crippen molar-refractivity contribution in [3.8, 4) is 0 Å². The van der Waals surface area contributed by atoms with Crippen molar-refractivity contribution in [1.29, 1.82) is 0 Å². The van der Waals surface area contributed by atoms with Gasteiger partial charge < -0.3 is 15.7 Å². The third-order valence-corrected chi connectivity index (χ3v) is 3.45. The predicted octanol–water partition coefficient (Wildman–Crippen LogP) is 2.13. The molecule has 2 amide bonds. The molecule has 0 unspecified atom stereocenters. The Kier molecular flexibility index (Phi) is 6.81. The van der Waals surface area contributed by atoms with Crippen molar-refractivity contribution in [2.75, 3.05) is 18.6 Å². The van der Waals surface area contributed by atoms with Crippen molar-refractivity contribution in [1.82, 2.24) is 10.6 Å². The standard InChI is InChI=1S/C14H21FN2O2S/c1-14(19,7-8-20-2)10-17-13(18)16-9-11-3-5-12(15)6-4-11/h3-6,19H,7-10H2,1-2H3,(H2,16,17,18)/t14-/m1/s1. The number of benzene rings is 1. The molecule has 6 heteroatoms. The van der Waals surface area contributed by atoms with Gasteiger partial charge in [0.1, 0.15) is 5.82 Å². The van der Waals surface area contributed by atoms with E-state index in [2.05, 4.69) is 10.6 Å². The molecule has 0 aromatic heterocycles. The molecule has 0 aliphatic carbocycles. The highest BCUT2D eigenvalue weighted by Gasteiger charge is 2.20. The summed E-state index contributed by atoms with van der Waals surface area (Å²) >= 11 is 1.65. The van der Waals surface area contributed by atoms with Crippen LogP contribution in [-0.4, -0.2) is 35.3 Å². The van der Waals surface area contributed by atoms with Crippen LogP contribution in [0.2, 0.25) is 0 Å². The van der Waals surface area contributed by atoms with E-state index >= 15 is 0 Å². The molecule has 112 valence electrons. The van der Waals surface area contributed by atoms with Gasteiger partial charge in [0.05, 0.1) is 5.60 Å². The van der Waals surface area contributed by atoms with E-state index in [0.29, 0.717) is 13.0 Å². The molecule has 0 heterocycles. The zero-order chi connectivity index (χ0) is 15.0. The smallest absolute Gasteiger partial charge is 0.315 e. The number of halogens is 1. The summed E-state index contributed by atoms with van der Waals surface area (Å²) < 4.78 is 12.7. The van der Waals surface area contributed by atoms with Gasteiger partial charge >= 0.3 is 6.03 Å². The average molecular weight is 300 g/mol. The maximum atomic E-state index is 12.7. The number of thioether (sulfide) groups is 1. The van der Waals surface area contributed by atoms with Gasteiger partial charge in [-0.25, -0.2) is 9.18 Å². The highest BCUT2D eigenvalue weighted by atomic mass is 32.2. The Morgan fingerprint density at radius 1 is 1.35 bits per heavy atom. The zero-order valence-corrected chi connectivity index (χ0v) is 12.6. The summed E-state index contributed by atoms with van der Waals surface area (Å²) in [7, 11) is 0. The topological polar surface area (TPSA) is 61.4 Å². The van der Waals surface area contributed by atoms with Crippen LogP contribution in [0.25, 0.3) is 0 Å². The lowest BCUT2D eigenvalue weighted by Gasteiger charge is -2.23. The van der Waals surface area contributed by atoms with Gasteiger partial charge in [-0.1, -0.05) is 12.1 Å². The van der Waals surface area contributed by atoms with Gasteiger partial charge in [-0.15, -0.1) is 0 Å². The van der Waals surface area contributed by atoms with Gasteiger partial charge in [-0.2, -0.15) is 11.8 Å². The van der Waals surface area contributed by atoms with E-state index in [9.17, 15) is 14.3 Å². The van der Waals surface area contributed by atoms with Gasteiger partial charge in [-0.05, 0) is 43.0 Å². The number of aliphatic hydroxyl groups is 1. The Morgan fingerprint density at radius 2 is 2.00 bits per heavy atom. The fraction of sp³-hybridized carbons (Fsp3) is 0.500. The van der Waals surface area contributed by atoms with Crippen molar-refractivity contribution >= 4 is 17.8 Å². The molecule has 0 spiro atoms. The normalized spacial score (nSPS) is 13.6. The van der Waals surface area contributed by atoms with Gasteiger partial charge in [-0.3, -0.25) is 0 Å². The number of hydrogen-bond donors (Lipinski definition) is 3. The van der Waals surface area contributed by atoms with Crippen molar-refractivity contribution in [3.63, 3.8) is 0 Å². The lowest BCUT2D eigenvalue weighted by molar-refractivity contribution is 0.0594. The van der Waals surface area contributed by atoms with E-state index < -0.39 is 5.60 Å². The number of hydrogen-bond acceptors (Lipinski definition) is 3. The van der Waals surface area contributed by atoms with Crippen molar-refractivity contribution < 1.29 is 14.3 Å². The lowest BCUT2D eigenvalue weighted by atomic mass is 10.0. The Balaban J connectivity index is 2.28. The molecule has 0 aliphatic rings. The molecule has 20 heavy (non-hydrogen) atoms. The Labute approximate surface area is 123 Å². The third-order valence-electron chi connectivity index (χ3n) is 2.84. The summed E-state index contributed by atoms with van der Waals surface area (Å²) in [6, 6.07) is 5.58. The lowest BCUT2D eigenvalue weighted by Crippen LogP contribution is -2.44. The molecule has 1 aromatic carbocycles. The first kappa shape index (κ1) is 16.8. The van der Waals surface area contributed by atoms with E-state index in [-0.39, 0.29) is 18.4 Å². The monoisotopic (exact) mass is 300 g/mol. The quantitative estimate of drug-likeness (QED) is 0.723. The van der Waals surface area contributed by atoms with E-state index in [4.69, 9.17) is 0 Å². The molecule has 0 aliphatic heterocycles.